The van der Waals surface area contributed by atoms with Gasteiger partial charge in [-0.1, -0.05) is 0 Å². The van der Waals surface area contributed by atoms with Gasteiger partial charge in [-0.3, -0.25) is 4.31 Å². The summed E-state index contributed by atoms with van der Waals surface area (Å²) >= 11 is 0. The second kappa shape index (κ2) is 5.85. The number of hydrogen-bond acceptors (Lipinski definition) is 3. The Morgan fingerprint density at radius 3 is 2.47 bits per heavy atom. The van der Waals surface area contributed by atoms with Crippen molar-refractivity contribution in [3.8, 4) is 0 Å². The molecule has 0 bridgehead atoms. The molecular weight excluding hydrogens is 269 g/mol. The van der Waals surface area contributed by atoms with Crippen molar-refractivity contribution in [2.75, 3.05) is 17.4 Å². The van der Waals surface area contributed by atoms with Crippen molar-refractivity contribution < 1.29 is 12.8 Å². The highest BCUT2D eigenvalue weighted by molar-refractivity contribution is 7.90. The summed E-state index contributed by atoms with van der Waals surface area (Å²) < 4.78 is 41.3. The Labute approximate surface area is 112 Å². The van der Waals surface area contributed by atoms with Gasteiger partial charge in [-0.25, -0.2) is 4.39 Å². The fraction of sp³-hybridized carbons (Fsp3) is 0.500. The van der Waals surface area contributed by atoms with E-state index in [1.165, 1.54) is 28.6 Å². The van der Waals surface area contributed by atoms with Gasteiger partial charge in [0.05, 0.1) is 5.69 Å². The molecule has 1 aromatic rings. The van der Waals surface area contributed by atoms with Gasteiger partial charge in [-0.05, 0) is 50.1 Å². The summed E-state index contributed by atoms with van der Waals surface area (Å²) in [6, 6.07) is 5.44. The third-order valence-corrected chi connectivity index (χ3v) is 4.47. The van der Waals surface area contributed by atoms with Gasteiger partial charge in [-0.2, -0.15) is 13.1 Å². The Kier molecular flexibility index (Phi) is 4.38. The van der Waals surface area contributed by atoms with Gasteiger partial charge in [0.15, 0.2) is 0 Å². The van der Waals surface area contributed by atoms with Crippen LogP contribution in [0.1, 0.15) is 19.3 Å². The summed E-state index contributed by atoms with van der Waals surface area (Å²) in [5.74, 6) is -0.393. The van der Waals surface area contributed by atoms with Gasteiger partial charge in [0, 0.05) is 12.6 Å². The number of anilines is 1. The molecule has 3 N–H and O–H groups in total. The van der Waals surface area contributed by atoms with Gasteiger partial charge in [0.1, 0.15) is 5.82 Å². The third-order valence-electron chi connectivity index (χ3n) is 2.86. The molecule has 1 saturated carbocycles. The summed E-state index contributed by atoms with van der Waals surface area (Å²) in [5.41, 5.74) is 5.88. The van der Waals surface area contributed by atoms with Crippen molar-refractivity contribution in [3.63, 3.8) is 0 Å². The molecule has 1 fully saturated rings. The summed E-state index contributed by atoms with van der Waals surface area (Å²) in [5, 5.41) is 0. The van der Waals surface area contributed by atoms with Gasteiger partial charge in [0.2, 0.25) is 0 Å². The maximum Gasteiger partial charge on any atom is 0.301 e. The van der Waals surface area contributed by atoms with E-state index in [1.807, 2.05) is 0 Å². The highest BCUT2D eigenvalue weighted by Crippen LogP contribution is 2.23. The highest BCUT2D eigenvalue weighted by atomic mass is 32.2. The molecule has 0 unspecified atom stereocenters. The summed E-state index contributed by atoms with van der Waals surface area (Å²) in [6.07, 6.45) is 2.28. The van der Waals surface area contributed by atoms with Crippen LogP contribution in [0.5, 0.6) is 0 Å². The summed E-state index contributed by atoms with van der Waals surface area (Å²) in [6.45, 7) is 0.681. The molecule has 0 radical (unpaired) electrons. The standard InChI is InChI=1S/C12H18FN3O2S/c13-10-2-6-12(7-3-10)16(9-1-8-14)19(17,18)15-11-4-5-11/h2-3,6-7,11,15H,1,4-5,8-9,14H2. The van der Waals surface area contributed by atoms with E-state index in [9.17, 15) is 12.8 Å². The molecule has 0 saturated heterocycles. The predicted molar refractivity (Wildman–Crippen MR) is 72.5 cm³/mol. The number of nitrogens with zero attached hydrogens (tertiary/aromatic N) is 1. The fourth-order valence-electron chi connectivity index (χ4n) is 1.71. The van der Waals surface area contributed by atoms with Gasteiger partial charge >= 0.3 is 10.2 Å². The molecule has 2 rings (SSSR count). The van der Waals surface area contributed by atoms with Crippen LogP contribution < -0.4 is 14.8 Å². The number of nitrogens with two attached hydrogens (primary N) is 1. The Morgan fingerprint density at radius 2 is 1.95 bits per heavy atom. The topological polar surface area (TPSA) is 75.4 Å². The van der Waals surface area contributed by atoms with Crippen LogP contribution in [0.3, 0.4) is 0 Å². The van der Waals surface area contributed by atoms with Crippen LogP contribution >= 0.6 is 0 Å². The minimum absolute atomic E-state index is 0.0332. The second-order valence-corrected chi connectivity index (χ2v) is 6.21. The van der Waals surface area contributed by atoms with E-state index in [-0.39, 0.29) is 12.6 Å². The zero-order chi connectivity index (χ0) is 13.9. The molecule has 0 spiro atoms. The van der Waals surface area contributed by atoms with Crippen LogP contribution in [0.4, 0.5) is 10.1 Å². The number of hydrogen-bond donors (Lipinski definition) is 2. The first-order valence-corrected chi connectivity index (χ1v) is 7.72. The van der Waals surface area contributed by atoms with Crippen molar-refractivity contribution in [1.82, 2.24) is 4.72 Å². The number of halogens is 1. The van der Waals surface area contributed by atoms with Crippen molar-refractivity contribution in [2.45, 2.75) is 25.3 Å². The lowest BCUT2D eigenvalue weighted by molar-refractivity contribution is 0.574. The van der Waals surface area contributed by atoms with Crippen LogP contribution in [0.15, 0.2) is 24.3 Å². The molecule has 0 atom stereocenters. The molecule has 1 aliphatic carbocycles. The summed E-state index contributed by atoms with van der Waals surface area (Å²) in [4.78, 5) is 0. The molecule has 5 nitrogen and oxygen atoms in total. The van der Waals surface area contributed by atoms with Crippen molar-refractivity contribution in [3.05, 3.63) is 30.1 Å². The maximum atomic E-state index is 12.9. The average Bonchev–Trinajstić information content (AvgIpc) is 3.15. The lowest BCUT2D eigenvalue weighted by Crippen LogP contribution is -2.42. The molecule has 1 aliphatic rings. The first kappa shape index (κ1) is 14.2. The fourth-order valence-corrected chi connectivity index (χ4v) is 3.26. The molecule has 0 aromatic heterocycles. The summed E-state index contributed by atoms with van der Waals surface area (Å²) in [7, 11) is -3.59. The largest absolute Gasteiger partial charge is 0.330 e. The maximum absolute atomic E-state index is 12.9. The highest BCUT2D eigenvalue weighted by Gasteiger charge is 2.31. The van der Waals surface area contributed by atoms with E-state index in [4.69, 9.17) is 5.73 Å². The van der Waals surface area contributed by atoms with E-state index in [0.717, 1.165) is 12.8 Å². The van der Waals surface area contributed by atoms with E-state index in [2.05, 4.69) is 4.72 Å². The van der Waals surface area contributed by atoms with Gasteiger partial charge in [-0.15, -0.1) is 0 Å². The van der Waals surface area contributed by atoms with Crippen LogP contribution in [0.25, 0.3) is 0 Å². The van der Waals surface area contributed by atoms with Gasteiger partial charge < -0.3 is 5.73 Å². The zero-order valence-electron chi connectivity index (χ0n) is 10.5. The van der Waals surface area contributed by atoms with Gasteiger partial charge in [0.25, 0.3) is 0 Å². The van der Waals surface area contributed by atoms with Crippen LogP contribution in [0.2, 0.25) is 0 Å². The zero-order valence-corrected chi connectivity index (χ0v) is 11.4. The number of nitrogens with one attached hydrogen (secondary N) is 1. The molecule has 0 heterocycles. The first-order valence-electron chi connectivity index (χ1n) is 6.28. The molecule has 0 amide bonds. The number of rotatable bonds is 7. The van der Waals surface area contributed by atoms with Crippen LogP contribution in [0, 0.1) is 5.82 Å². The molecular formula is C12H18FN3O2S. The lowest BCUT2D eigenvalue weighted by atomic mass is 10.3. The normalized spacial score (nSPS) is 15.5. The van der Waals surface area contributed by atoms with Crippen molar-refractivity contribution in [2.24, 2.45) is 5.73 Å². The molecule has 19 heavy (non-hydrogen) atoms. The quantitative estimate of drug-likeness (QED) is 0.785. The molecule has 1 aromatic carbocycles. The second-order valence-electron chi connectivity index (χ2n) is 4.59. The monoisotopic (exact) mass is 287 g/mol. The third kappa shape index (κ3) is 3.89. The van der Waals surface area contributed by atoms with E-state index < -0.39 is 16.0 Å². The number of benzene rings is 1. The van der Waals surface area contributed by atoms with E-state index in [1.54, 1.807) is 0 Å². The first-order chi connectivity index (χ1) is 9.03. The van der Waals surface area contributed by atoms with Crippen molar-refractivity contribution >= 4 is 15.9 Å². The Bertz CT molecular complexity index is 514. The van der Waals surface area contributed by atoms with E-state index in [0.29, 0.717) is 18.7 Å². The predicted octanol–water partition coefficient (Wildman–Crippen LogP) is 0.978. The Balaban J connectivity index is 2.21. The minimum Gasteiger partial charge on any atom is -0.330 e. The molecule has 0 aliphatic heterocycles. The average molecular weight is 287 g/mol. The molecule has 106 valence electrons. The van der Waals surface area contributed by atoms with Crippen LogP contribution in [-0.2, 0) is 10.2 Å². The van der Waals surface area contributed by atoms with Crippen LogP contribution in [-0.4, -0.2) is 27.5 Å². The Hall–Kier alpha value is -1.18. The van der Waals surface area contributed by atoms with Crippen molar-refractivity contribution in [1.29, 1.82) is 0 Å². The van der Waals surface area contributed by atoms with E-state index >= 15 is 0 Å². The molecule has 7 heteroatoms. The Morgan fingerprint density at radius 1 is 1.32 bits per heavy atom. The lowest BCUT2D eigenvalue weighted by Gasteiger charge is -2.24. The smallest absolute Gasteiger partial charge is 0.301 e. The minimum atomic E-state index is -3.59. The SMILES string of the molecule is NCCCN(c1ccc(F)cc1)S(=O)(=O)NC1CC1.